The van der Waals surface area contributed by atoms with Crippen LogP contribution in [0, 0.1) is 12.7 Å². The number of benzene rings is 1. The van der Waals surface area contributed by atoms with Gasteiger partial charge in [0, 0.05) is 16.8 Å². The summed E-state index contributed by atoms with van der Waals surface area (Å²) in [4.78, 5) is 17.4. The van der Waals surface area contributed by atoms with E-state index in [-0.39, 0.29) is 11.5 Å². The molecule has 3 N–H and O–H groups in total. The van der Waals surface area contributed by atoms with Crippen molar-refractivity contribution >= 4 is 28.2 Å². The monoisotopic (exact) mass is 333 g/mol. The number of hydrogen-bond acceptors (Lipinski definition) is 5. The largest absolute Gasteiger partial charge is 0.456 e. The predicted octanol–water partition coefficient (Wildman–Crippen LogP) is 3.29. The number of carbonyl (C=O) groups excluding carboxylic acids is 1. The van der Waals surface area contributed by atoms with E-state index in [1.165, 1.54) is 17.4 Å². The number of hydrogen-bond donors (Lipinski definition) is 2. The van der Waals surface area contributed by atoms with Gasteiger partial charge in [0.2, 0.25) is 0 Å². The number of thiazole rings is 1. The van der Waals surface area contributed by atoms with E-state index < -0.39 is 11.9 Å². The fourth-order valence-electron chi connectivity index (χ4n) is 2.35. The number of amides is 1. The van der Waals surface area contributed by atoms with E-state index in [9.17, 15) is 9.18 Å². The number of aryl methyl sites for hydroxylation is 1. The van der Waals surface area contributed by atoms with Crippen molar-refractivity contribution < 1.29 is 13.6 Å². The normalized spacial score (nSPS) is 12.5. The van der Waals surface area contributed by atoms with Crippen molar-refractivity contribution in [3.8, 4) is 0 Å². The molecular weight excluding hydrogens is 317 g/mol. The lowest BCUT2D eigenvalue weighted by Crippen LogP contribution is -2.27. The fraction of sp³-hybridized carbons (Fsp3) is 0.250. The maximum absolute atomic E-state index is 13.7. The van der Waals surface area contributed by atoms with Crippen LogP contribution >= 0.6 is 11.3 Å². The first-order valence-corrected chi connectivity index (χ1v) is 7.96. The molecule has 1 amide bonds. The van der Waals surface area contributed by atoms with Crippen molar-refractivity contribution in [3.05, 3.63) is 51.4 Å². The number of nitrogens with two attached hydrogens (primary N) is 1. The van der Waals surface area contributed by atoms with Crippen LogP contribution < -0.4 is 11.1 Å². The molecule has 3 rings (SSSR count). The van der Waals surface area contributed by atoms with Crippen LogP contribution in [0.5, 0.6) is 0 Å². The Morgan fingerprint density at radius 3 is 2.96 bits per heavy atom. The van der Waals surface area contributed by atoms with E-state index in [0.717, 1.165) is 4.88 Å². The Bertz CT molecular complexity index is 871. The van der Waals surface area contributed by atoms with E-state index in [4.69, 9.17) is 10.2 Å². The van der Waals surface area contributed by atoms with Crippen LogP contribution in [0.25, 0.3) is 11.0 Å². The zero-order valence-corrected chi connectivity index (χ0v) is 13.5. The molecular formula is C16H16FN3O2S. The van der Waals surface area contributed by atoms with Crippen LogP contribution in [-0.4, -0.2) is 10.9 Å². The third-order valence-corrected chi connectivity index (χ3v) is 4.51. The predicted molar refractivity (Wildman–Crippen MR) is 86.8 cm³/mol. The zero-order chi connectivity index (χ0) is 16.6. The molecule has 0 saturated carbocycles. The van der Waals surface area contributed by atoms with E-state index in [1.54, 1.807) is 25.1 Å². The summed E-state index contributed by atoms with van der Waals surface area (Å²) in [6.07, 6.45) is 0. The van der Waals surface area contributed by atoms with E-state index in [1.807, 2.05) is 6.92 Å². The van der Waals surface area contributed by atoms with Crippen LogP contribution in [0.15, 0.2) is 28.7 Å². The number of para-hydroxylation sites is 1. The van der Waals surface area contributed by atoms with Gasteiger partial charge < -0.3 is 15.5 Å². The fourth-order valence-corrected chi connectivity index (χ4v) is 3.15. The maximum Gasteiger partial charge on any atom is 0.271 e. The van der Waals surface area contributed by atoms with Crippen LogP contribution in [0.4, 0.5) is 4.39 Å². The Morgan fingerprint density at radius 2 is 2.30 bits per heavy atom. The number of halogens is 1. The molecule has 0 aliphatic carbocycles. The van der Waals surface area contributed by atoms with Gasteiger partial charge in [0.1, 0.15) is 16.5 Å². The van der Waals surface area contributed by atoms with Crippen LogP contribution in [0.3, 0.4) is 0 Å². The van der Waals surface area contributed by atoms with Gasteiger partial charge in [0.15, 0.2) is 11.4 Å². The number of carbonyl (C=O) groups is 1. The standard InChI is InChI=1S/C16H16FN3O2S/c1-8(12-6-10-4-3-5-11(17)15(10)22-12)19-16(21)14-9(2)23-13(7-18)20-14/h3-6,8H,7,18H2,1-2H3,(H,19,21). The van der Waals surface area contributed by atoms with Gasteiger partial charge in [-0.1, -0.05) is 12.1 Å². The van der Waals surface area contributed by atoms with Crippen molar-refractivity contribution in [1.82, 2.24) is 10.3 Å². The minimum atomic E-state index is -0.421. The van der Waals surface area contributed by atoms with Gasteiger partial charge >= 0.3 is 0 Å². The minimum absolute atomic E-state index is 0.193. The van der Waals surface area contributed by atoms with Crippen LogP contribution in [0.1, 0.15) is 39.1 Å². The Labute approximate surface area is 136 Å². The smallest absolute Gasteiger partial charge is 0.271 e. The summed E-state index contributed by atoms with van der Waals surface area (Å²) in [5.74, 6) is -0.229. The molecule has 0 saturated heterocycles. The molecule has 2 heterocycles. The summed E-state index contributed by atoms with van der Waals surface area (Å²) >= 11 is 1.40. The number of aromatic nitrogens is 1. The first-order valence-electron chi connectivity index (χ1n) is 7.14. The average Bonchev–Trinajstić information content (AvgIpc) is 3.11. The average molecular weight is 333 g/mol. The molecule has 120 valence electrons. The molecule has 7 heteroatoms. The molecule has 0 bridgehead atoms. The molecule has 23 heavy (non-hydrogen) atoms. The lowest BCUT2D eigenvalue weighted by Gasteiger charge is -2.10. The lowest BCUT2D eigenvalue weighted by molar-refractivity contribution is 0.0930. The topological polar surface area (TPSA) is 81.1 Å². The number of furan rings is 1. The van der Waals surface area contributed by atoms with Crippen molar-refractivity contribution in [1.29, 1.82) is 0 Å². The van der Waals surface area contributed by atoms with Crippen molar-refractivity contribution in [3.63, 3.8) is 0 Å². The third-order valence-electron chi connectivity index (χ3n) is 3.52. The van der Waals surface area contributed by atoms with Gasteiger partial charge in [-0.3, -0.25) is 4.79 Å². The number of nitrogens with zero attached hydrogens (tertiary/aromatic N) is 1. The van der Waals surface area contributed by atoms with Crippen LogP contribution in [0.2, 0.25) is 0 Å². The molecule has 0 radical (unpaired) electrons. The Morgan fingerprint density at radius 1 is 1.52 bits per heavy atom. The molecule has 0 fully saturated rings. The third kappa shape index (κ3) is 2.97. The summed E-state index contributed by atoms with van der Waals surface area (Å²) in [5, 5.41) is 4.20. The van der Waals surface area contributed by atoms with Gasteiger partial charge in [-0.25, -0.2) is 9.37 Å². The van der Waals surface area contributed by atoms with Gasteiger partial charge in [-0.05, 0) is 26.0 Å². The number of fused-ring (bicyclic) bond motifs is 1. The lowest BCUT2D eigenvalue weighted by atomic mass is 10.2. The van der Waals surface area contributed by atoms with E-state index >= 15 is 0 Å². The van der Waals surface area contributed by atoms with Gasteiger partial charge in [-0.2, -0.15) is 0 Å². The second kappa shape index (κ2) is 6.10. The highest BCUT2D eigenvalue weighted by Gasteiger charge is 2.20. The van der Waals surface area contributed by atoms with Gasteiger partial charge in [0.05, 0.1) is 6.04 Å². The van der Waals surface area contributed by atoms with Gasteiger partial charge in [0.25, 0.3) is 5.91 Å². The first-order chi connectivity index (χ1) is 11.0. The molecule has 5 nitrogen and oxygen atoms in total. The van der Waals surface area contributed by atoms with Crippen molar-refractivity contribution in [2.45, 2.75) is 26.4 Å². The number of nitrogens with one attached hydrogen (secondary N) is 1. The SMILES string of the molecule is Cc1sc(CN)nc1C(=O)NC(C)c1cc2cccc(F)c2o1. The van der Waals surface area contributed by atoms with Crippen molar-refractivity contribution in [2.75, 3.05) is 0 Å². The molecule has 1 aromatic carbocycles. The first kappa shape index (κ1) is 15.6. The Kier molecular flexibility index (Phi) is 4.14. The second-order valence-electron chi connectivity index (χ2n) is 5.22. The quantitative estimate of drug-likeness (QED) is 0.768. The summed E-state index contributed by atoms with van der Waals surface area (Å²) in [5.41, 5.74) is 6.11. The summed E-state index contributed by atoms with van der Waals surface area (Å²) in [6.45, 7) is 3.91. The van der Waals surface area contributed by atoms with Gasteiger partial charge in [-0.15, -0.1) is 11.3 Å². The molecule has 0 spiro atoms. The van der Waals surface area contributed by atoms with E-state index in [2.05, 4.69) is 10.3 Å². The molecule has 1 unspecified atom stereocenters. The second-order valence-corrected chi connectivity index (χ2v) is 6.51. The highest BCUT2D eigenvalue weighted by atomic mass is 32.1. The summed E-state index contributed by atoms with van der Waals surface area (Å²) in [7, 11) is 0. The Hall–Kier alpha value is -2.25. The molecule has 0 aliphatic heterocycles. The number of rotatable bonds is 4. The summed E-state index contributed by atoms with van der Waals surface area (Å²) in [6, 6.07) is 6.04. The van der Waals surface area contributed by atoms with Crippen LogP contribution in [-0.2, 0) is 6.54 Å². The zero-order valence-electron chi connectivity index (χ0n) is 12.7. The Balaban J connectivity index is 1.82. The molecule has 3 aromatic rings. The van der Waals surface area contributed by atoms with Crippen molar-refractivity contribution in [2.24, 2.45) is 5.73 Å². The van der Waals surface area contributed by atoms with E-state index in [0.29, 0.717) is 28.4 Å². The molecule has 1 atom stereocenters. The maximum atomic E-state index is 13.7. The molecule has 0 aliphatic rings. The molecule has 2 aromatic heterocycles. The summed E-state index contributed by atoms with van der Waals surface area (Å²) < 4.78 is 19.2. The highest BCUT2D eigenvalue weighted by Crippen LogP contribution is 2.26. The minimum Gasteiger partial charge on any atom is -0.456 e. The highest BCUT2D eigenvalue weighted by molar-refractivity contribution is 7.11.